The van der Waals surface area contributed by atoms with Gasteiger partial charge in [0, 0.05) is 5.56 Å². The van der Waals surface area contributed by atoms with E-state index >= 15 is 0 Å². The Kier molecular flexibility index (Phi) is 4.80. The maximum atomic E-state index is 12.0. The standard InChI is InChI=1S/C15H14N4O4S/c1-3-11-13(24-19-17-11)15(20)22-8-12-16-14(18-23-12)9-5-4-6-10(7-9)21-2/h4-7H,3,8H2,1-2H3. The number of methoxy groups -OCH3 is 1. The third kappa shape index (κ3) is 3.40. The zero-order valence-corrected chi connectivity index (χ0v) is 13.9. The van der Waals surface area contributed by atoms with Gasteiger partial charge in [-0.05, 0) is 30.1 Å². The number of esters is 1. The number of carbonyl (C=O) groups excluding carboxylic acids is 1. The first-order valence-corrected chi connectivity index (χ1v) is 7.94. The summed E-state index contributed by atoms with van der Waals surface area (Å²) in [4.78, 5) is 16.6. The average Bonchev–Trinajstić information content (AvgIpc) is 3.28. The molecule has 0 radical (unpaired) electrons. The molecule has 3 aromatic rings. The molecule has 0 fully saturated rings. The first kappa shape index (κ1) is 16.1. The van der Waals surface area contributed by atoms with Gasteiger partial charge in [0.2, 0.25) is 5.82 Å². The fourth-order valence-electron chi connectivity index (χ4n) is 1.98. The zero-order valence-electron chi connectivity index (χ0n) is 13.1. The number of nitrogens with zero attached hydrogens (tertiary/aromatic N) is 4. The van der Waals surface area contributed by atoms with E-state index in [1.165, 1.54) is 0 Å². The summed E-state index contributed by atoms with van der Waals surface area (Å²) in [6.07, 6.45) is 0.613. The molecule has 0 unspecified atom stereocenters. The maximum absolute atomic E-state index is 12.0. The van der Waals surface area contributed by atoms with Crippen molar-refractivity contribution in [1.29, 1.82) is 0 Å². The van der Waals surface area contributed by atoms with Crippen molar-refractivity contribution in [2.24, 2.45) is 0 Å². The Labute approximate surface area is 141 Å². The van der Waals surface area contributed by atoms with Gasteiger partial charge in [0.05, 0.1) is 12.8 Å². The predicted molar refractivity (Wildman–Crippen MR) is 84.7 cm³/mol. The number of benzene rings is 1. The molecule has 24 heavy (non-hydrogen) atoms. The molecule has 0 aliphatic rings. The van der Waals surface area contributed by atoms with Crippen LogP contribution >= 0.6 is 11.5 Å². The molecule has 2 heterocycles. The molecule has 0 aliphatic carbocycles. The predicted octanol–water partition coefficient (Wildman–Crippen LogP) is 2.52. The molecule has 0 bridgehead atoms. The summed E-state index contributed by atoms with van der Waals surface area (Å²) in [5.74, 6) is 0.795. The van der Waals surface area contributed by atoms with E-state index in [1.54, 1.807) is 13.2 Å². The monoisotopic (exact) mass is 346 g/mol. The van der Waals surface area contributed by atoms with E-state index in [9.17, 15) is 4.79 Å². The normalized spacial score (nSPS) is 10.6. The molecule has 0 saturated heterocycles. The molecule has 0 atom stereocenters. The lowest BCUT2D eigenvalue weighted by molar-refractivity contribution is 0.0434. The first-order chi connectivity index (χ1) is 11.7. The van der Waals surface area contributed by atoms with Crippen molar-refractivity contribution >= 4 is 17.5 Å². The van der Waals surface area contributed by atoms with E-state index in [1.807, 2.05) is 25.1 Å². The highest BCUT2D eigenvalue weighted by atomic mass is 32.1. The Bertz CT molecular complexity index is 845. The molecule has 2 aromatic heterocycles. The highest BCUT2D eigenvalue weighted by Crippen LogP contribution is 2.21. The third-order valence-electron chi connectivity index (χ3n) is 3.20. The number of rotatable bonds is 6. The van der Waals surface area contributed by atoms with Gasteiger partial charge in [0.1, 0.15) is 5.75 Å². The number of carbonyl (C=O) groups is 1. The molecule has 0 N–H and O–H groups in total. The fraction of sp³-hybridized carbons (Fsp3) is 0.267. The van der Waals surface area contributed by atoms with Crippen LogP contribution in [0.1, 0.15) is 28.2 Å². The molecular weight excluding hydrogens is 332 g/mol. The second kappa shape index (κ2) is 7.18. The van der Waals surface area contributed by atoms with Crippen LogP contribution < -0.4 is 4.74 Å². The van der Waals surface area contributed by atoms with Crippen molar-refractivity contribution in [3.8, 4) is 17.1 Å². The molecule has 0 amide bonds. The Morgan fingerprint density at radius 3 is 3.04 bits per heavy atom. The van der Waals surface area contributed by atoms with Gasteiger partial charge in [-0.1, -0.05) is 28.7 Å². The number of aromatic nitrogens is 4. The lowest BCUT2D eigenvalue weighted by Gasteiger charge is -2.00. The summed E-state index contributed by atoms with van der Waals surface area (Å²) in [6, 6.07) is 7.27. The summed E-state index contributed by atoms with van der Waals surface area (Å²) in [6.45, 7) is 1.78. The van der Waals surface area contributed by atoms with E-state index in [0.717, 1.165) is 17.1 Å². The molecule has 0 aliphatic heterocycles. The summed E-state index contributed by atoms with van der Waals surface area (Å²) in [5, 5.41) is 7.76. The minimum Gasteiger partial charge on any atom is -0.497 e. The van der Waals surface area contributed by atoms with Gasteiger partial charge in [0.15, 0.2) is 11.5 Å². The van der Waals surface area contributed by atoms with Gasteiger partial charge in [-0.3, -0.25) is 0 Å². The highest BCUT2D eigenvalue weighted by Gasteiger charge is 2.18. The van der Waals surface area contributed by atoms with Crippen molar-refractivity contribution in [3.63, 3.8) is 0 Å². The van der Waals surface area contributed by atoms with Crippen LogP contribution in [0.25, 0.3) is 11.4 Å². The quantitative estimate of drug-likeness (QED) is 0.628. The smallest absolute Gasteiger partial charge is 0.352 e. The van der Waals surface area contributed by atoms with Crippen LogP contribution in [0.15, 0.2) is 28.8 Å². The molecule has 8 nitrogen and oxygen atoms in total. The molecule has 1 aromatic carbocycles. The van der Waals surface area contributed by atoms with Gasteiger partial charge in [-0.15, -0.1) is 5.10 Å². The van der Waals surface area contributed by atoms with Gasteiger partial charge in [-0.2, -0.15) is 4.98 Å². The second-order valence-electron chi connectivity index (χ2n) is 4.72. The molecule has 9 heteroatoms. The van der Waals surface area contributed by atoms with Crippen molar-refractivity contribution in [2.75, 3.05) is 7.11 Å². The van der Waals surface area contributed by atoms with Crippen molar-refractivity contribution in [1.82, 2.24) is 19.7 Å². The van der Waals surface area contributed by atoms with Gasteiger partial charge >= 0.3 is 5.97 Å². The lowest BCUT2D eigenvalue weighted by Crippen LogP contribution is -2.06. The fourth-order valence-corrected chi connectivity index (χ4v) is 2.63. The minimum absolute atomic E-state index is 0.114. The molecule has 124 valence electrons. The molecule has 3 rings (SSSR count). The molecule has 0 spiro atoms. The number of hydrogen-bond donors (Lipinski definition) is 0. The average molecular weight is 346 g/mol. The molecular formula is C15H14N4O4S. The van der Waals surface area contributed by atoms with Crippen LogP contribution in [0, 0.1) is 0 Å². The van der Waals surface area contributed by atoms with E-state index in [-0.39, 0.29) is 12.5 Å². The van der Waals surface area contributed by atoms with Crippen LogP contribution in [0.5, 0.6) is 5.75 Å². The van der Waals surface area contributed by atoms with Crippen LogP contribution in [-0.2, 0) is 17.8 Å². The van der Waals surface area contributed by atoms with Gasteiger partial charge in [0.25, 0.3) is 5.89 Å². The Hall–Kier alpha value is -2.81. The lowest BCUT2D eigenvalue weighted by atomic mass is 10.2. The summed E-state index contributed by atoms with van der Waals surface area (Å²) >= 11 is 1.01. The largest absolute Gasteiger partial charge is 0.497 e. The van der Waals surface area contributed by atoms with Crippen molar-refractivity contribution in [3.05, 3.63) is 40.7 Å². The van der Waals surface area contributed by atoms with Crippen molar-refractivity contribution in [2.45, 2.75) is 20.0 Å². The number of ether oxygens (including phenoxy) is 2. The molecule has 0 saturated carbocycles. The van der Waals surface area contributed by atoms with Crippen molar-refractivity contribution < 1.29 is 18.8 Å². The Morgan fingerprint density at radius 2 is 2.25 bits per heavy atom. The van der Waals surface area contributed by atoms with E-state index < -0.39 is 5.97 Å². The van der Waals surface area contributed by atoms with Crippen LogP contribution in [0.2, 0.25) is 0 Å². The summed E-state index contributed by atoms with van der Waals surface area (Å²) in [7, 11) is 1.58. The number of hydrogen-bond acceptors (Lipinski definition) is 9. The van der Waals surface area contributed by atoms with Gasteiger partial charge < -0.3 is 14.0 Å². The van der Waals surface area contributed by atoms with Gasteiger partial charge in [-0.25, -0.2) is 4.79 Å². The maximum Gasteiger partial charge on any atom is 0.352 e. The second-order valence-corrected chi connectivity index (χ2v) is 5.48. The van der Waals surface area contributed by atoms with E-state index in [0.29, 0.717) is 28.6 Å². The topological polar surface area (TPSA) is 100 Å². The highest BCUT2D eigenvalue weighted by molar-refractivity contribution is 7.07. The first-order valence-electron chi connectivity index (χ1n) is 7.16. The van der Waals surface area contributed by atoms with Crippen LogP contribution in [-0.4, -0.2) is 32.8 Å². The third-order valence-corrected chi connectivity index (χ3v) is 3.95. The Balaban J connectivity index is 1.67. The van der Waals surface area contributed by atoms with E-state index in [2.05, 4.69) is 19.7 Å². The van der Waals surface area contributed by atoms with E-state index in [4.69, 9.17) is 14.0 Å². The summed E-state index contributed by atoms with van der Waals surface area (Å²) < 4.78 is 19.2. The minimum atomic E-state index is -0.497. The van der Waals surface area contributed by atoms with Crippen LogP contribution in [0.4, 0.5) is 0 Å². The zero-order chi connectivity index (χ0) is 16.9. The van der Waals surface area contributed by atoms with Crippen LogP contribution in [0.3, 0.4) is 0 Å². The summed E-state index contributed by atoms with van der Waals surface area (Å²) in [5.41, 5.74) is 1.36. The SMILES string of the molecule is CCc1nnsc1C(=O)OCc1nc(-c2cccc(OC)c2)no1. The number of aryl methyl sites for hydroxylation is 1. The Morgan fingerprint density at radius 1 is 1.38 bits per heavy atom.